The van der Waals surface area contributed by atoms with E-state index < -0.39 is 0 Å². The summed E-state index contributed by atoms with van der Waals surface area (Å²) < 4.78 is 28.0. The minimum atomic E-state index is -0.0135. The Kier molecular flexibility index (Phi) is 11.4. The molecule has 1 saturated carbocycles. The Morgan fingerprint density at radius 3 is 2.44 bits per heavy atom. The standard InChI is InChI=1S/C31H47N3O6S/c1-34-10-9-31-8-4-3-6-24(31)27(34)20-23-21-28-26(22-25(23)31)32-30(41-28)33-29(35)7-5-11-37-14-15-39-18-19-40-17-16-38-13-12-36-2/h21-22,24,27H,3-20H2,1-2H3,(H,32,33,35)/t24-,27+,31+/m0/s1. The van der Waals surface area contributed by atoms with Crippen molar-refractivity contribution in [1.29, 1.82) is 0 Å². The number of anilines is 1. The number of fused-ring (bicyclic) bond motifs is 2. The number of rotatable bonds is 17. The van der Waals surface area contributed by atoms with Crippen molar-refractivity contribution in [2.75, 3.05) is 85.5 Å². The number of benzene rings is 1. The Morgan fingerprint density at radius 2 is 1.71 bits per heavy atom. The Bertz CT molecular complexity index is 1130. The molecule has 5 rings (SSSR count). The monoisotopic (exact) mass is 589 g/mol. The third kappa shape index (κ3) is 7.65. The lowest BCUT2D eigenvalue weighted by atomic mass is 9.52. The van der Waals surface area contributed by atoms with Crippen molar-refractivity contribution in [2.24, 2.45) is 5.92 Å². The molecule has 0 radical (unpaired) electrons. The summed E-state index contributed by atoms with van der Waals surface area (Å²) in [4.78, 5) is 20.0. The predicted molar refractivity (Wildman–Crippen MR) is 161 cm³/mol. The minimum Gasteiger partial charge on any atom is -0.382 e. The number of methoxy groups -OCH3 is 1. The quantitative estimate of drug-likeness (QED) is 0.271. The van der Waals surface area contributed by atoms with Gasteiger partial charge in [0.2, 0.25) is 5.91 Å². The molecule has 228 valence electrons. The van der Waals surface area contributed by atoms with Gasteiger partial charge in [-0.15, -0.1) is 0 Å². The van der Waals surface area contributed by atoms with Crippen LogP contribution >= 0.6 is 11.3 Å². The van der Waals surface area contributed by atoms with Crippen molar-refractivity contribution in [3.8, 4) is 0 Å². The molecule has 2 aliphatic carbocycles. The van der Waals surface area contributed by atoms with Crippen LogP contribution in [0.5, 0.6) is 0 Å². The maximum Gasteiger partial charge on any atom is 0.226 e. The first kappa shape index (κ1) is 30.8. The number of nitrogens with zero attached hydrogens (tertiary/aromatic N) is 2. The largest absolute Gasteiger partial charge is 0.382 e. The summed E-state index contributed by atoms with van der Waals surface area (Å²) in [6.07, 6.45) is 8.82. The zero-order valence-electron chi connectivity index (χ0n) is 24.8. The first-order valence-corrected chi connectivity index (χ1v) is 16.2. The van der Waals surface area contributed by atoms with E-state index in [1.807, 2.05) is 0 Å². The molecule has 41 heavy (non-hydrogen) atoms. The van der Waals surface area contributed by atoms with Crippen LogP contribution in [-0.4, -0.2) is 102 Å². The predicted octanol–water partition coefficient (Wildman–Crippen LogP) is 4.42. The highest BCUT2D eigenvalue weighted by molar-refractivity contribution is 7.22. The van der Waals surface area contributed by atoms with Crippen molar-refractivity contribution in [3.05, 3.63) is 23.3 Å². The van der Waals surface area contributed by atoms with Crippen LogP contribution in [0.15, 0.2) is 12.1 Å². The maximum atomic E-state index is 12.6. The van der Waals surface area contributed by atoms with Crippen LogP contribution in [0, 0.1) is 5.92 Å². The number of hydrogen-bond acceptors (Lipinski definition) is 9. The van der Waals surface area contributed by atoms with Crippen LogP contribution < -0.4 is 5.32 Å². The van der Waals surface area contributed by atoms with Gasteiger partial charge >= 0.3 is 0 Å². The molecule has 1 aromatic carbocycles. The van der Waals surface area contributed by atoms with Gasteiger partial charge in [-0.2, -0.15) is 0 Å². The molecule has 2 aromatic rings. The second-order valence-electron chi connectivity index (χ2n) is 11.6. The molecule has 0 unspecified atom stereocenters. The molecule has 9 nitrogen and oxygen atoms in total. The average molecular weight is 590 g/mol. The summed E-state index contributed by atoms with van der Waals surface area (Å²) in [7, 11) is 3.96. The Morgan fingerprint density at radius 1 is 1.00 bits per heavy atom. The van der Waals surface area contributed by atoms with Crippen LogP contribution in [0.2, 0.25) is 0 Å². The van der Waals surface area contributed by atoms with E-state index in [1.165, 1.54) is 48.9 Å². The Labute approximate surface area is 248 Å². The van der Waals surface area contributed by atoms with Crippen LogP contribution in [-0.2, 0) is 40.3 Å². The van der Waals surface area contributed by atoms with Gasteiger partial charge < -0.3 is 33.9 Å². The Balaban J connectivity index is 0.999. The molecule has 3 atom stereocenters. The summed E-state index contributed by atoms with van der Waals surface area (Å²) in [6, 6.07) is 5.40. The number of hydrogen-bond donors (Lipinski definition) is 1. The molecule has 0 spiro atoms. The van der Waals surface area contributed by atoms with Gasteiger partial charge in [0.15, 0.2) is 5.13 Å². The smallest absolute Gasteiger partial charge is 0.226 e. The maximum absolute atomic E-state index is 12.6. The summed E-state index contributed by atoms with van der Waals surface area (Å²) in [6.45, 7) is 6.06. The van der Waals surface area contributed by atoms with E-state index >= 15 is 0 Å². The van der Waals surface area contributed by atoms with Crippen LogP contribution in [0.1, 0.15) is 56.1 Å². The van der Waals surface area contributed by atoms with E-state index in [0.29, 0.717) is 88.9 Å². The van der Waals surface area contributed by atoms with Crippen molar-refractivity contribution in [2.45, 2.75) is 62.8 Å². The molecule has 2 fully saturated rings. The van der Waals surface area contributed by atoms with Crippen molar-refractivity contribution in [3.63, 3.8) is 0 Å². The van der Waals surface area contributed by atoms with Crippen LogP contribution in [0.3, 0.4) is 0 Å². The fourth-order valence-electron chi connectivity index (χ4n) is 7.10. The number of likely N-dealkylation sites (tertiary alicyclic amines) is 1. The summed E-state index contributed by atoms with van der Waals surface area (Å²) in [5.74, 6) is 0.753. The lowest BCUT2D eigenvalue weighted by Gasteiger charge is -2.58. The van der Waals surface area contributed by atoms with Crippen LogP contribution in [0.25, 0.3) is 10.2 Å². The van der Waals surface area contributed by atoms with E-state index in [9.17, 15) is 4.79 Å². The lowest BCUT2D eigenvalue weighted by Crippen LogP contribution is -2.59. The molecule has 1 aliphatic heterocycles. The van der Waals surface area contributed by atoms with Crippen LogP contribution in [0.4, 0.5) is 5.13 Å². The van der Waals surface area contributed by atoms with Gasteiger partial charge in [0.05, 0.1) is 63.1 Å². The SMILES string of the molecule is COCCOCCOCCOCCOCCCC(=O)Nc1nc2cc3c(cc2s1)C[C@@H]1[C@@H]2CCCC[C@]32CCN1C. The average Bonchev–Trinajstić information content (AvgIpc) is 3.37. The zero-order valence-corrected chi connectivity index (χ0v) is 25.6. The summed E-state index contributed by atoms with van der Waals surface area (Å²) >= 11 is 1.59. The van der Waals surface area contributed by atoms with Crippen molar-refractivity contribution >= 4 is 32.6 Å². The fourth-order valence-corrected chi connectivity index (χ4v) is 8.03. The first-order chi connectivity index (χ1) is 20.1. The van der Waals surface area contributed by atoms with E-state index in [2.05, 4.69) is 29.4 Å². The number of piperidine rings is 1. The normalized spacial score (nSPS) is 23.9. The third-order valence-corrected chi connectivity index (χ3v) is 10.0. The van der Waals surface area contributed by atoms with Gasteiger partial charge in [0, 0.05) is 31.6 Å². The van der Waals surface area contributed by atoms with E-state index in [-0.39, 0.29) is 5.91 Å². The second-order valence-corrected chi connectivity index (χ2v) is 12.6. The Hall–Kier alpha value is -1.66. The number of amides is 1. The summed E-state index contributed by atoms with van der Waals surface area (Å²) in [5.41, 5.74) is 4.41. The minimum absolute atomic E-state index is 0.0135. The van der Waals surface area contributed by atoms with Gasteiger partial charge in [0.25, 0.3) is 0 Å². The number of thiazole rings is 1. The molecular weight excluding hydrogens is 542 g/mol. The lowest BCUT2D eigenvalue weighted by molar-refractivity contribution is -0.116. The number of carbonyl (C=O) groups is 1. The first-order valence-electron chi connectivity index (χ1n) is 15.3. The van der Waals surface area contributed by atoms with Gasteiger partial charge in [-0.3, -0.25) is 4.79 Å². The second kappa shape index (κ2) is 15.2. The molecule has 3 aliphatic rings. The molecule has 2 heterocycles. The highest BCUT2D eigenvalue weighted by atomic mass is 32.1. The molecule has 1 saturated heterocycles. The number of aromatic nitrogens is 1. The van der Waals surface area contributed by atoms with Gasteiger partial charge in [0.1, 0.15) is 0 Å². The highest BCUT2D eigenvalue weighted by Gasteiger charge is 2.53. The van der Waals surface area contributed by atoms with Crippen molar-refractivity contribution < 1.29 is 28.5 Å². The summed E-state index contributed by atoms with van der Waals surface area (Å²) in [5, 5.41) is 3.73. The van der Waals surface area contributed by atoms with E-state index in [4.69, 9.17) is 28.7 Å². The van der Waals surface area contributed by atoms with Gasteiger partial charge in [-0.05, 0) is 74.9 Å². The molecule has 10 heteroatoms. The molecule has 1 aromatic heterocycles. The number of ether oxygens (including phenoxy) is 5. The van der Waals surface area contributed by atoms with E-state index in [0.717, 1.165) is 17.9 Å². The van der Waals surface area contributed by atoms with E-state index in [1.54, 1.807) is 24.0 Å². The molecular formula is C31H47N3O6S. The molecule has 1 N–H and O–H groups in total. The zero-order chi connectivity index (χ0) is 28.5. The highest BCUT2D eigenvalue weighted by Crippen LogP contribution is 2.56. The number of carbonyl (C=O) groups excluding carboxylic acids is 1. The number of nitrogens with one attached hydrogen (secondary N) is 1. The topological polar surface area (TPSA) is 91.4 Å². The molecule has 1 amide bonds. The van der Waals surface area contributed by atoms with Gasteiger partial charge in [-0.25, -0.2) is 4.98 Å². The van der Waals surface area contributed by atoms with Gasteiger partial charge in [-0.1, -0.05) is 24.2 Å². The van der Waals surface area contributed by atoms with Crippen molar-refractivity contribution in [1.82, 2.24) is 9.88 Å². The third-order valence-electron chi connectivity index (χ3n) is 9.10. The molecule has 2 bridgehead atoms. The fraction of sp³-hybridized carbons (Fsp3) is 0.742. The number of likely N-dealkylation sites (N-methyl/N-ethyl adjacent to an activating group) is 1.